The van der Waals surface area contributed by atoms with Crippen LogP contribution in [0.5, 0.6) is 0 Å². The van der Waals surface area contributed by atoms with Gasteiger partial charge >= 0.3 is 0 Å². The molecule has 0 fully saturated rings. The summed E-state index contributed by atoms with van der Waals surface area (Å²) in [5.74, 6) is 0.851. The number of aryl methyl sites for hydroxylation is 2. The molecule has 0 saturated heterocycles. The number of nitrogens with zero attached hydrogens (tertiary/aromatic N) is 2. The molecule has 0 N–H and O–H groups in total. The van der Waals surface area contributed by atoms with Gasteiger partial charge in [0.1, 0.15) is 10.8 Å². The average molecular weight is 285 g/mol. The summed E-state index contributed by atoms with van der Waals surface area (Å²) < 4.78 is 6.41. The Bertz CT molecular complexity index is 465. The Kier molecular flexibility index (Phi) is 3.11. The van der Waals surface area contributed by atoms with Crippen LogP contribution in [-0.4, -0.2) is 9.97 Å². The van der Waals surface area contributed by atoms with Crippen LogP contribution in [0.3, 0.4) is 0 Å². The summed E-state index contributed by atoms with van der Waals surface area (Å²) in [7, 11) is 0. The maximum absolute atomic E-state index is 5.46. The Morgan fingerprint density at radius 1 is 1.40 bits per heavy atom. The van der Waals surface area contributed by atoms with Gasteiger partial charge < -0.3 is 4.42 Å². The maximum atomic E-state index is 5.46. The summed E-state index contributed by atoms with van der Waals surface area (Å²) >= 11 is 4.84. The van der Waals surface area contributed by atoms with Crippen molar-refractivity contribution >= 4 is 27.7 Å². The fraction of sp³-hybridized carbons (Fsp3) is 0.200. The number of oxazole rings is 1. The quantitative estimate of drug-likeness (QED) is 0.845. The Hall–Kier alpha value is -0.810. The molecule has 0 amide bonds. The van der Waals surface area contributed by atoms with Crippen molar-refractivity contribution in [3.8, 4) is 0 Å². The summed E-state index contributed by atoms with van der Waals surface area (Å²) in [5.41, 5.74) is 0.921. The van der Waals surface area contributed by atoms with Gasteiger partial charge in [-0.1, -0.05) is 0 Å². The van der Waals surface area contributed by atoms with Crippen molar-refractivity contribution in [2.45, 2.75) is 24.1 Å². The van der Waals surface area contributed by atoms with Crippen LogP contribution in [0.25, 0.3) is 0 Å². The second kappa shape index (κ2) is 4.37. The molecule has 15 heavy (non-hydrogen) atoms. The average Bonchev–Trinajstić information content (AvgIpc) is 2.50. The minimum atomic E-state index is 0.629. The van der Waals surface area contributed by atoms with Crippen molar-refractivity contribution in [3.05, 3.63) is 34.3 Å². The van der Waals surface area contributed by atoms with Crippen molar-refractivity contribution in [2.75, 3.05) is 0 Å². The third-order valence-electron chi connectivity index (χ3n) is 1.92. The fourth-order valence-electron chi connectivity index (χ4n) is 1.02. The first-order valence-corrected chi connectivity index (χ1v) is 6.00. The Morgan fingerprint density at radius 2 is 2.20 bits per heavy atom. The third kappa shape index (κ3) is 2.41. The summed E-state index contributed by atoms with van der Waals surface area (Å²) in [6.45, 7) is 3.83. The van der Waals surface area contributed by atoms with Crippen molar-refractivity contribution in [1.29, 1.82) is 0 Å². The normalized spacial score (nSPS) is 10.6. The van der Waals surface area contributed by atoms with E-state index in [1.807, 2.05) is 26.0 Å². The Morgan fingerprint density at radius 3 is 2.80 bits per heavy atom. The van der Waals surface area contributed by atoms with Crippen LogP contribution in [0.1, 0.15) is 11.5 Å². The van der Waals surface area contributed by atoms with E-state index in [2.05, 4.69) is 25.9 Å². The standard InChI is InChI=1S/C10H9BrN2OS/c1-6-7(2)14-10(13-6)15-9-8(11)4-3-5-12-9/h3-5H,1-2H3. The molecule has 0 aliphatic rings. The lowest BCUT2D eigenvalue weighted by Gasteiger charge is -1.97. The van der Waals surface area contributed by atoms with Crippen LogP contribution in [0, 0.1) is 13.8 Å². The van der Waals surface area contributed by atoms with E-state index >= 15 is 0 Å². The molecule has 3 nitrogen and oxygen atoms in total. The fourth-order valence-corrected chi connectivity index (χ4v) is 2.31. The molecule has 0 aromatic carbocycles. The van der Waals surface area contributed by atoms with Crippen LogP contribution in [0.15, 0.2) is 37.5 Å². The van der Waals surface area contributed by atoms with E-state index in [4.69, 9.17) is 4.42 Å². The molecule has 0 bridgehead atoms. The first-order valence-electron chi connectivity index (χ1n) is 4.39. The summed E-state index contributed by atoms with van der Waals surface area (Å²) in [4.78, 5) is 8.51. The minimum Gasteiger partial charge on any atom is -0.436 e. The second-order valence-electron chi connectivity index (χ2n) is 3.01. The van der Waals surface area contributed by atoms with Crippen molar-refractivity contribution in [2.24, 2.45) is 0 Å². The molecular weight excluding hydrogens is 276 g/mol. The van der Waals surface area contributed by atoms with Gasteiger partial charge in [-0.15, -0.1) is 0 Å². The lowest BCUT2D eigenvalue weighted by atomic mass is 10.4. The zero-order chi connectivity index (χ0) is 10.8. The molecule has 2 rings (SSSR count). The molecule has 0 aliphatic heterocycles. The smallest absolute Gasteiger partial charge is 0.262 e. The van der Waals surface area contributed by atoms with E-state index in [1.54, 1.807) is 6.20 Å². The van der Waals surface area contributed by atoms with Crippen LogP contribution in [-0.2, 0) is 0 Å². The molecule has 0 aliphatic carbocycles. The first kappa shape index (κ1) is 10.7. The minimum absolute atomic E-state index is 0.629. The van der Waals surface area contributed by atoms with Gasteiger partial charge in [0.2, 0.25) is 0 Å². The molecule has 0 radical (unpaired) electrons. The Labute approximate surface area is 100 Å². The van der Waals surface area contributed by atoms with Gasteiger partial charge in [-0.25, -0.2) is 9.97 Å². The van der Waals surface area contributed by atoms with Crippen LogP contribution in [0.4, 0.5) is 0 Å². The molecule has 0 saturated carbocycles. The summed E-state index contributed by atoms with van der Waals surface area (Å²) in [5, 5.41) is 1.49. The maximum Gasteiger partial charge on any atom is 0.262 e. The van der Waals surface area contributed by atoms with Crippen LogP contribution < -0.4 is 0 Å². The lowest BCUT2D eigenvalue weighted by molar-refractivity contribution is 0.431. The highest BCUT2D eigenvalue weighted by molar-refractivity contribution is 9.10. The summed E-state index contributed by atoms with van der Waals surface area (Å²) in [6, 6.07) is 3.82. The van der Waals surface area contributed by atoms with E-state index in [9.17, 15) is 0 Å². The lowest BCUT2D eigenvalue weighted by Crippen LogP contribution is -1.80. The molecular formula is C10H9BrN2OS. The van der Waals surface area contributed by atoms with Gasteiger partial charge in [-0.05, 0) is 53.7 Å². The monoisotopic (exact) mass is 284 g/mol. The largest absolute Gasteiger partial charge is 0.436 e. The number of pyridine rings is 1. The van der Waals surface area contributed by atoms with Crippen molar-refractivity contribution in [3.63, 3.8) is 0 Å². The molecule has 5 heteroatoms. The summed E-state index contributed by atoms with van der Waals surface area (Å²) in [6.07, 6.45) is 1.75. The third-order valence-corrected chi connectivity index (χ3v) is 3.69. The topological polar surface area (TPSA) is 38.9 Å². The molecule has 2 aromatic heterocycles. The first-order chi connectivity index (χ1) is 7.16. The number of rotatable bonds is 2. The molecule has 2 heterocycles. The van der Waals surface area contributed by atoms with Gasteiger partial charge in [-0.3, -0.25) is 0 Å². The zero-order valence-electron chi connectivity index (χ0n) is 8.32. The van der Waals surface area contributed by atoms with E-state index in [-0.39, 0.29) is 0 Å². The molecule has 0 atom stereocenters. The highest BCUT2D eigenvalue weighted by Crippen LogP contribution is 2.31. The van der Waals surface area contributed by atoms with E-state index in [0.29, 0.717) is 5.22 Å². The predicted octanol–water partition coefficient (Wildman–Crippen LogP) is 3.60. The number of aromatic nitrogens is 2. The molecule has 0 spiro atoms. The van der Waals surface area contributed by atoms with Crippen molar-refractivity contribution in [1.82, 2.24) is 9.97 Å². The SMILES string of the molecule is Cc1nc(Sc2ncccc2Br)oc1C. The van der Waals surface area contributed by atoms with Crippen LogP contribution in [0.2, 0.25) is 0 Å². The van der Waals surface area contributed by atoms with E-state index < -0.39 is 0 Å². The van der Waals surface area contributed by atoms with Crippen LogP contribution >= 0.6 is 27.7 Å². The molecule has 78 valence electrons. The van der Waals surface area contributed by atoms with Crippen molar-refractivity contribution < 1.29 is 4.42 Å². The Balaban J connectivity index is 2.26. The zero-order valence-corrected chi connectivity index (χ0v) is 10.7. The van der Waals surface area contributed by atoms with E-state index in [0.717, 1.165) is 21.0 Å². The van der Waals surface area contributed by atoms with E-state index in [1.165, 1.54) is 11.8 Å². The molecule has 0 unspecified atom stereocenters. The highest BCUT2D eigenvalue weighted by atomic mass is 79.9. The highest BCUT2D eigenvalue weighted by Gasteiger charge is 2.10. The van der Waals surface area contributed by atoms with Gasteiger partial charge in [0, 0.05) is 6.20 Å². The second-order valence-corrected chi connectivity index (χ2v) is 4.81. The van der Waals surface area contributed by atoms with Gasteiger partial charge in [0.05, 0.1) is 10.2 Å². The van der Waals surface area contributed by atoms with Gasteiger partial charge in [0.15, 0.2) is 0 Å². The van der Waals surface area contributed by atoms with Gasteiger partial charge in [0.25, 0.3) is 5.22 Å². The predicted molar refractivity (Wildman–Crippen MR) is 62.0 cm³/mol. The number of halogens is 1. The number of hydrogen-bond donors (Lipinski definition) is 0. The number of hydrogen-bond acceptors (Lipinski definition) is 4. The molecule has 2 aromatic rings. The van der Waals surface area contributed by atoms with Gasteiger partial charge in [-0.2, -0.15) is 0 Å².